The Morgan fingerprint density at radius 1 is 0.792 bits per heavy atom. The van der Waals surface area contributed by atoms with Crippen molar-refractivity contribution in [3.8, 4) is 11.1 Å². The lowest BCUT2D eigenvalue weighted by Gasteiger charge is -2.36. The van der Waals surface area contributed by atoms with E-state index in [1.807, 2.05) is 72.8 Å². The van der Waals surface area contributed by atoms with Crippen molar-refractivity contribution >= 4 is 29.6 Å². The van der Waals surface area contributed by atoms with Crippen LogP contribution in [-0.2, 0) is 32.2 Å². The number of aliphatic hydroxyl groups excluding tert-OH is 1. The van der Waals surface area contributed by atoms with Crippen molar-refractivity contribution in [2.75, 3.05) is 5.75 Å². The van der Waals surface area contributed by atoms with Gasteiger partial charge in [0.2, 0.25) is 5.91 Å². The Morgan fingerprint density at radius 3 is 2.17 bits per heavy atom. The number of carboxylic acid groups (broad SMARTS) is 2. The summed E-state index contributed by atoms with van der Waals surface area (Å²) in [7, 11) is 0. The van der Waals surface area contributed by atoms with E-state index in [-0.39, 0.29) is 43.1 Å². The molecule has 3 atom stereocenters. The van der Waals surface area contributed by atoms with E-state index in [0.29, 0.717) is 31.6 Å². The van der Waals surface area contributed by atoms with Gasteiger partial charge in [-0.25, -0.2) is 4.79 Å². The van der Waals surface area contributed by atoms with Crippen LogP contribution < -0.4 is 5.32 Å². The van der Waals surface area contributed by atoms with Crippen molar-refractivity contribution in [1.29, 1.82) is 0 Å². The number of ether oxygens (including phenoxy) is 2. The van der Waals surface area contributed by atoms with Crippen LogP contribution in [0.3, 0.4) is 0 Å². The third-order valence-corrected chi connectivity index (χ3v) is 9.33. The number of carbonyl (C=O) groups is 3. The molecule has 4 aromatic carbocycles. The summed E-state index contributed by atoms with van der Waals surface area (Å²) in [6, 6.07) is 30.4. The van der Waals surface area contributed by atoms with Crippen molar-refractivity contribution < 1.29 is 39.2 Å². The molecule has 0 aliphatic carbocycles. The van der Waals surface area contributed by atoms with E-state index in [1.165, 1.54) is 0 Å². The third kappa shape index (κ3) is 9.77. The first kappa shape index (κ1) is 34.8. The topological polar surface area (TPSA) is 142 Å². The normalized spacial score (nSPS) is 17.5. The van der Waals surface area contributed by atoms with Crippen LogP contribution in [0.2, 0.25) is 0 Å². The highest BCUT2D eigenvalue weighted by molar-refractivity contribution is 7.99. The summed E-state index contributed by atoms with van der Waals surface area (Å²) >= 11 is 1.60. The standard InChI is InChI=1S/C38H39NO8S/c40-23-25-9-11-27(12-10-25)34-21-31(24-48-32-19-17-28(18-20-32)37(44)45)46-38(47-34)29-15-13-26(14-16-29)33-6-2-1-5-30(33)22-39-35(41)7-3-4-8-36(42)43/h1-2,5-6,9-20,31,34,38,40H,3-4,7-8,21-24H2,(H,39,41)(H,42,43)(H,44,45)/t31-,34+,38+/m1/s1. The van der Waals surface area contributed by atoms with Gasteiger partial charge in [0.1, 0.15) is 0 Å². The maximum atomic E-state index is 12.4. The molecule has 0 aromatic heterocycles. The van der Waals surface area contributed by atoms with E-state index in [4.69, 9.17) is 14.6 Å². The van der Waals surface area contributed by atoms with Crippen LogP contribution in [0.4, 0.5) is 0 Å². The first-order chi connectivity index (χ1) is 23.3. The zero-order valence-corrected chi connectivity index (χ0v) is 27.2. The highest BCUT2D eigenvalue weighted by atomic mass is 32.2. The minimum atomic E-state index is -0.958. The minimum absolute atomic E-state index is 0.0338. The molecule has 250 valence electrons. The molecule has 0 radical (unpaired) electrons. The smallest absolute Gasteiger partial charge is 0.335 e. The van der Waals surface area contributed by atoms with Gasteiger partial charge in [0.05, 0.1) is 24.4 Å². The molecule has 4 N–H and O–H groups in total. The van der Waals surface area contributed by atoms with Crippen molar-refractivity contribution in [3.05, 3.63) is 125 Å². The van der Waals surface area contributed by atoms with Gasteiger partial charge in [-0.2, -0.15) is 0 Å². The van der Waals surface area contributed by atoms with Gasteiger partial charge in [-0.1, -0.05) is 72.8 Å². The molecule has 1 aliphatic heterocycles. The highest BCUT2D eigenvalue weighted by Gasteiger charge is 2.32. The molecule has 0 bridgehead atoms. The lowest BCUT2D eigenvalue weighted by molar-refractivity contribution is -0.245. The summed E-state index contributed by atoms with van der Waals surface area (Å²) in [5, 5.41) is 30.5. The number of aromatic carboxylic acids is 1. The van der Waals surface area contributed by atoms with Gasteiger partial charge in [0.25, 0.3) is 0 Å². The second-order valence-corrected chi connectivity index (χ2v) is 12.7. The number of unbranched alkanes of at least 4 members (excludes halogenated alkanes) is 1. The SMILES string of the molecule is O=C(O)CCCCC(=O)NCc1ccccc1-c1ccc([C@H]2O[C@@H](CSc3ccc(C(=O)O)cc3)C[C@@H](c3ccc(CO)cc3)O2)cc1. The quantitative estimate of drug-likeness (QED) is 0.0767. The van der Waals surface area contributed by atoms with Gasteiger partial charge in [-0.15, -0.1) is 11.8 Å². The van der Waals surface area contributed by atoms with Gasteiger partial charge in [-0.3, -0.25) is 9.59 Å². The van der Waals surface area contributed by atoms with Crippen molar-refractivity contribution in [2.45, 2.75) is 68.6 Å². The summed E-state index contributed by atoms with van der Waals surface area (Å²) in [6.45, 7) is 0.327. The zero-order chi connectivity index (χ0) is 33.9. The Bertz CT molecular complexity index is 1670. The number of aliphatic hydroxyl groups is 1. The number of hydrogen-bond donors (Lipinski definition) is 4. The van der Waals surface area contributed by atoms with E-state index in [0.717, 1.165) is 38.3 Å². The molecule has 10 heteroatoms. The molecule has 1 saturated heterocycles. The number of amides is 1. The number of carbonyl (C=O) groups excluding carboxylic acids is 1. The second-order valence-electron chi connectivity index (χ2n) is 11.6. The molecule has 5 rings (SSSR count). The molecule has 0 unspecified atom stereocenters. The number of hydrogen-bond acceptors (Lipinski definition) is 7. The maximum Gasteiger partial charge on any atom is 0.335 e. The fourth-order valence-electron chi connectivity index (χ4n) is 5.53. The summed E-state index contributed by atoms with van der Waals surface area (Å²) < 4.78 is 13.0. The number of rotatable bonds is 15. The zero-order valence-electron chi connectivity index (χ0n) is 26.4. The van der Waals surface area contributed by atoms with Crippen molar-refractivity contribution in [2.24, 2.45) is 0 Å². The van der Waals surface area contributed by atoms with Crippen LogP contribution >= 0.6 is 11.8 Å². The molecular formula is C38H39NO8S. The maximum absolute atomic E-state index is 12.4. The highest BCUT2D eigenvalue weighted by Crippen LogP contribution is 2.40. The number of benzene rings is 4. The monoisotopic (exact) mass is 669 g/mol. The molecule has 1 aliphatic rings. The number of nitrogens with one attached hydrogen (secondary N) is 1. The average Bonchev–Trinajstić information content (AvgIpc) is 3.12. The Kier molecular flexibility index (Phi) is 12.4. The molecule has 9 nitrogen and oxygen atoms in total. The number of aliphatic carboxylic acids is 1. The van der Waals surface area contributed by atoms with Gasteiger partial charge >= 0.3 is 11.9 Å². The van der Waals surface area contributed by atoms with Crippen LogP contribution in [0.15, 0.2) is 102 Å². The van der Waals surface area contributed by atoms with E-state index in [2.05, 4.69) is 5.32 Å². The predicted molar refractivity (Wildman–Crippen MR) is 182 cm³/mol. The molecule has 4 aromatic rings. The molecule has 1 fully saturated rings. The van der Waals surface area contributed by atoms with Gasteiger partial charge in [-0.05, 0) is 64.9 Å². The van der Waals surface area contributed by atoms with Gasteiger partial charge in [0, 0.05) is 42.0 Å². The van der Waals surface area contributed by atoms with Crippen LogP contribution in [0, 0.1) is 0 Å². The van der Waals surface area contributed by atoms with Crippen LogP contribution in [0.25, 0.3) is 11.1 Å². The minimum Gasteiger partial charge on any atom is -0.481 e. The number of thioether (sulfide) groups is 1. The summed E-state index contributed by atoms with van der Waals surface area (Å²) in [6.07, 6.45) is 0.977. The first-order valence-corrected chi connectivity index (χ1v) is 16.9. The number of carboxylic acids is 2. The Morgan fingerprint density at radius 2 is 1.48 bits per heavy atom. The lowest BCUT2D eigenvalue weighted by atomic mass is 9.97. The Balaban J connectivity index is 1.27. The van der Waals surface area contributed by atoms with Crippen molar-refractivity contribution in [1.82, 2.24) is 5.32 Å². The van der Waals surface area contributed by atoms with Gasteiger partial charge in [0.15, 0.2) is 6.29 Å². The summed E-state index contributed by atoms with van der Waals surface area (Å²) in [5.74, 6) is -1.28. The average molecular weight is 670 g/mol. The van der Waals surface area contributed by atoms with E-state index < -0.39 is 18.2 Å². The molecule has 1 amide bonds. The fourth-order valence-corrected chi connectivity index (χ4v) is 6.45. The van der Waals surface area contributed by atoms with E-state index >= 15 is 0 Å². The Labute approximate surface area is 283 Å². The Hall–Kier alpha value is -4.48. The lowest BCUT2D eigenvalue weighted by Crippen LogP contribution is -2.31. The molecule has 48 heavy (non-hydrogen) atoms. The second kappa shape index (κ2) is 17.1. The van der Waals surface area contributed by atoms with Crippen molar-refractivity contribution in [3.63, 3.8) is 0 Å². The summed E-state index contributed by atoms with van der Waals surface area (Å²) in [5.41, 5.74) is 5.87. The van der Waals surface area contributed by atoms with Crippen LogP contribution in [0.5, 0.6) is 0 Å². The first-order valence-electron chi connectivity index (χ1n) is 15.9. The predicted octanol–water partition coefficient (Wildman–Crippen LogP) is 7.14. The van der Waals surface area contributed by atoms with Gasteiger partial charge < -0.3 is 30.1 Å². The molecular weight excluding hydrogens is 630 g/mol. The molecule has 0 saturated carbocycles. The van der Waals surface area contributed by atoms with E-state index in [9.17, 15) is 24.6 Å². The van der Waals surface area contributed by atoms with E-state index in [1.54, 1.807) is 36.0 Å². The molecule has 1 heterocycles. The summed E-state index contributed by atoms with van der Waals surface area (Å²) in [4.78, 5) is 35.3. The third-order valence-electron chi connectivity index (χ3n) is 8.18. The largest absolute Gasteiger partial charge is 0.481 e. The van der Waals surface area contributed by atoms with Crippen LogP contribution in [0.1, 0.15) is 77.1 Å². The molecule has 0 spiro atoms. The van der Waals surface area contributed by atoms with Crippen LogP contribution in [-0.4, -0.2) is 45.0 Å². The fraction of sp³-hybridized carbons (Fsp3) is 0.289.